The Morgan fingerprint density at radius 2 is 2.15 bits per heavy atom. The summed E-state index contributed by atoms with van der Waals surface area (Å²) in [5.74, 6) is 0.361. The second-order valence-electron chi connectivity index (χ2n) is 4.82. The molecule has 0 spiro atoms. The molecule has 0 radical (unpaired) electrons. The van der Waals surface area contributed by atoms with Crippen LogP contribution in [0.1, 0.15) is 25.1 Å². The number of anilines is 1. The van der Waals surface area contributed by atoms with E-state index in [1.54, 1.807) is 6.20 Å². The Hall–Kier alpha value is -1.06. The molecule has 2 rings (SSSR count). The van der Waals surface area contributed by atoms with Gasteiger partial charge in [-0.1, -0.05) is 13.3 Å². The van der Waals surface area contributed by atoms with Gasteiger partial charge in [-0.3, -0.25) is 4.57 Å². The highest BCUT2D eigenvalue weighted by molar-refractivity contribution is 7.71. The monoisotopic (exact) mass is 301 g/mol. The van der Waals surface area contributed by atoms with Gasteiger partial charge >= 0.3 is 0 Å². The molecule has 8 heteroatoms. The zero-order valence-corrected chi connectivity index (χ0v) is 12.0. The zero-order chi connectivity index (χ0) is 14.9. The van der Waals surface area contributed by atoms with Crippen LogP contribution in [0.3, 0.4) is 0 Å². The molecule has 0 aliphatic carbocycles. The maximum Gasteiger partial charge on any atom is 0.203 e. The van der Waals surface area contributed by atoms with E-state index in [0.717, 1.165) is 18.4 Å². The van der Waals surface area contributed by atoms with E-state index in [4.69, 9.17) is 27.8 Å². The third kappa shape index (κ3) is 2.70. The SMILES string of the molecule is CCCc1cn([C@@H]2O[C@H](CO)[C@@H](O)[C@@H]2O)c(=S)nc1N. The molecular weight excluding hydrogens is 282 g/mol. The molecule has 1 aromatic heterocycles. The number of aryl methyl sites for hydroxylation is 1. The lowest BCUT2D eigenvalue weighted by Crippen LogP contribution is -2.33. The Morgan fingerprint density at radius 3 is 2.70 bits per heavy atom. The Labute approximate surface area is 121 Å². The summed E-state index contributed by atoms with van der Waals surface area (Å²) in [6.45, 7) is 1.63. The van der Waals surface area contributed by atoms with E-state index in [2.05, 4.69) is 4.98 Å². The van der Waals surface area contributed by atoms with Crippen LogP contribution in [0, 0.1) is 4.77 Å². The first-order chi connectivity index (χ1) is 9.49. The summed E-state index contributed by atoms with van der Waals surface area (Å²) in [6.07, 6.45) is -0.767. The molecule has 0 amide bonds. The maximum absolute atomic E-state index is 10.0. The van der Waals surface area contributed by atoms with Crippen LogP contribution >= 0.6 is 12.2 Å². The van der Waals surface area contributed by atoms with Crippen molar-refractivity contribution in [1.82, 2.24) is 9.55 Å². The second kappa shape index (κ2) is 6.15. The first kappa shape index (κ1) is 15.3. The van der Waals surface area contributed by atoms with Crippen LogP contribution in [-0.4, -0.2) is 49.8 Å². The zero-order valence-electron chi connectivity index (χ0n) is 11.1. The van der Waals surface area contributed by atoms with Gasteiger partial charge in [0.25, 0.3) is 0 Å². The summed E-state index contributed by atoms with van der Waals surface area (Å²) in [6, 6.07) is 0. The fourth-order valence-corrected chi connectivity index (χ4v) is 2.53. The minimum absolute atomic E-state index is 0.164. The Balaban J connectivity index is 2.38. The average molecular weight is 301 g/mol. The fourth-order valence-electron chi connectivity index (χ4n) is 2.28. The first-order valence-corrected chi connectivity index (χ1v) is 6.90. The predicted octanol–water partition coefficient (Wildman–Crippen LogP) is -0.241. The van der Waals surface area contributed by atoms with Gasteiger partial charge in [-0.05, 0) is 18.6 Å². The van der Waals surface area contributed by atoms with Gasteiger partial charge in [0.2, 0.25) is 4.77 Å². The Morgan fingerprint density at radius 1 is 1.45 bits per heavy atom. The summed E-state index contributed by atoms with van der Waals surface area (Å²) < 4.78 is 7.08. The van der Waals surface area contributed by atoms with E-state index in [1.165, 1.54) is 4.57 Å². The lowest BCUT2D eigenvalue weighted by Gasteiger charge is -2.19. The molecule has 1 saturated heterocycles. The number of hydrogen-bond donors (Lipinski definition) is 4. The van der Waals surface area contributed by atoms with Crippen molar-refractivity contribution in [3.8, 4) is 0 Å². The van der Waals surface area contributed by atoms with E-state index >= 15 is 0 Å². The van der Waals surface area contributed by atoms with Crippen LogP contribution in [0.25, 0.3) is 0 Å². The molecule has 20 heavy (non-hydrogen) atoms. The quantitative estimate of drug-likeness (QED) is 0.567. The summed E-state index contributed by atoms with van der Waals surface area (Å²) in [7, 11) is 0. The van der Waals surface area contributed by atoms with E-state index in [0.29, 0.717) is 5.82 Å². The van der Waals surface area contributed by atoms with Crippen molar-refractivity contribution in [2.24, 2.45) is 0 Å². The Bertz CT molecular complexity index is 536. The van der Waals surface area contributed by atoms with Gasteiger partial charge in [-0.25, -0.2) is 4.98 Å². The van der Waals surface area contributed by atoms with Crippen LogP contribution in [0.2, 0.25) is 0 Å². The van der Waals surface area contributed by atoms with Gasteiger partial charge in [-0.15, -0.1) is 0 Å². The molecule has 1 aromatic rings. The largest absolute Gasteiger partial charge is 0.394 e. The summed E-state index contributed by atoms with van der Waals surface area (Å²) >= 11 is 5.12. The number of rotatable bonds is 4. The van der Waals surface area contributed by atoms with E-state index in [1.807, 2.05) is 6.92 Å². The number of nitrogens with zero attached hydrogens (tertiary/aromatic N) is 2. The molecule has 1 aliphatic heterocycles. The van der Waals surface area contributed by atoms with Crippen LogP contribution in [0.4, 0.5) is 5.82 Å². The van der Waals surface area contributed by atoms with E-state index in [-0.39, 0.29) is 11.4 Å². The lowest BCUT2D eigenvalue weighted by molar-refractivity contribution is -0.0541. The number of hydrogen-bond acceptors (Lipinski definition) is 7. The van der Waals surface area contributed by atoms with Gasteiger partial charge in [0.1, 0.15) is 24.1 Å². The molecule has 112 valence electrons. The molecule has 0 unspecified atom stereocenters. The third-order valence-corrected chi connectivity index (χ3v) is 3.67. The smallest absolute Gasteiger partial charge is 0.203 e. The van der Waals surface area contributed by atoms with Crippen LogP contribution in [0.5, 0.6) is 0 Å². The van der Waals surface area contributed by atoms with Gasteiger partial charge < -0.3 is 25.8 Å². The number of nitrogens with two attached hydrogens (primary N) is 1. The minimum Gasteiger partial charge on any atom is -0.394 e. The predicted molar refractivity (Wildman–Crippen MR) is 74.5 cm³/mol. The molecule has 7 nitrogen and oxygen atoms in total. The lowest BCUT2D eigenvalue weighted by atomic mass is 10.1. The standard InChI is InChI=1S/C12H19N3O4S/c1-2-3-6-4-15(12(20)14-10(6)13)11-9(18)8(17)7(5-16)19-11/h4,7-9,11,16-18H,2-3,5H2,1H3,(H2,13,14,20)/t7-,8-,9+,11-/m1/s1. The van der Waals surface area contributed by atoms with Gasteiger partial charge in [0.05, 0.1) is 6.61 Å². The van der Waals surface area contributed by atoms with Crippen molar-refractivity contribution in [1.29, 1.82) is 0 Å². The van der Waals surface area contributed by atoms with Crippen molar-refractivity contribution >= 4 is 18.0 Å². The van der Waals surface area contributed by atoms with Crippen molar-refractivity contribution in [3.63, 3.8) is 0 Å². The van der Waals surface area contributed by atoms with E-state index in [9.17, 15) is 10.2 Å². The van der Waals surface area contributed by atoms with Crippen LogP contribution < -0.4 is 5.73 Å². The number of aliphatic hydroxyl groups is 3. The number of aliphatic hydroxyl groups excluding tert-OH is 3. The normalized spacial score (nSPS) is 29.8. The van der Waals surface area contributed by atoms with Gasteiger partial charge in [-0.2, -0.15) is 0 Å². The molecule has 4 atom stereocenters. The number of nitrogen functional groups attached to an aromatic ring is 1. The minimum atomic E-state index is -1.18. The number of ether oxygens (including phenoxy) is 1. The molecule has 2 heterocycles. The topological polar surface area (TPSA) is 114 Å². The molecule has 1 fully saturated rings. The molecular formula is C12H19N3O4S. The molecule has 0 saturated carbocycles. The highest BCUT2D eigenvalue weighted by atomic mass is 32.1. The van der Waals surface area contributed by atoms with Crippen LogP contribution in [-0.2, 0) is 11.2 Å². The van der Waals surface area contributed by atoms with Crippen molar-refractivity contribution in [3.05, 3.63) is 16.5 Å². The maximum atomic E-state index is 10.0. The third-order valence-electron chi connectivity index (χ3n) is 3.37. The molecule has 1 aliphatic rings. The molecule has 5 N–H and O–H groups in total. The second-order valence-corrected chi connectivity index (χ2v) is 5.19. The average Bonchev–Trinajstić information content (AvgIpc) is 2.70. The highest BCUT2D eigenvalue weighted by Gasteiger charge is 2.43. The van der Waals surface area contributed by atoms with Gasteiger partial charge in [0.15, 0.2) is 6.23 Å². The van der Waals surface area contributed by atoms with Gasteiger partial charge in [0, 0.05) is 11.8 Å². The Kier molecular flexibility index (Phi) is 4.71. The molecule has 0 bridgehead atoms. The molecule has 0 aromatic carbocycles. The summed E-state index contributed by atoms with van der Waals surface area (Å²) in [5, 5.41) is 28.9. The highest BCUT2D eigenvalue weighted by Crippen LogP contribution is 2.30. The van der Waals surface area contributed by atoms with Crippen molar-refractivity contribution in [2.45, 2.75) is 44.3 Å². The summed E-state index contributed by atoms with van der Waals surface area (Å²) in [5.41, 5.74) is 6.61. The summed E-state index contributed by atoms with van der Waals surface area (Å²) in [4.78, 5) is 4.07. The van der Waals surface area contributed by atoms with E-state index < -0.39 is 24.5 Å². The van der Waals surface area contributed by atoms with Crippen molar-refractivity contribution in [2.75, 3.05) is 12.3 Å². The first-order valence-electron chi connectivity index (χ1n) is 6.49. The van der Waals surface area contributed by atoms with Crippen molar-refractivity contribution < 1.29 is 20.1 Å². The fraction of sp³-hybridized carbons (Fsp3) is 0.667. The number of aromatic nitrogens is 2. The van der Waals surface area contributed by atoms with Crippen LogP contribution in [0.15, 0.2) is 6.20 Å².